The van der Waals surface area contributed by atoms with Gasteiger partial charge < -0.3 is 4.74 Å². The highest BCUT2D eigenvalue weighted by Crippen LogP contribution is 2.34. The molecular formula is C21H20N2O5S3. The minimum Gasteiger partial charge on any atom is -0.457 e. The molecule has 0 aromatic heterocycles. The Morgan fingerprint density at radius 1 is 1.13 bits per heavy atom. The van der Waals surface area contributed by atoms with Crippen LogP contribution in [0.25, 0.3) is 6.08 Å². The van der Waals surface area contributed by atoms with Crippen LogP contribution in [0.5, 0.6) is 11.5 Å². The van der Waals surface area contributed by atoms with Crippen LogP contribution in [0.3, 0.4) is 0 Å². The molecule has 1 N–H and O–H groups in total. The molecule has 0 spiro atoms. The lowest BCUT2D eigenvalue weighted by molar-refractivity contribution is -0.122. The summed E-state index contributed by atoms with van der Waals surface area (Å²) in [5, 5.41) is 0. The molecule has 162 valence electrons. The van der Waals surface area contributed by atoms with Gasteiger partial charge in [-0.15, -0.1) is 0 Å². The van der Waals surface area contributed by atoms with Gasteiger partial charge >= 0.3 is 10.3 Å². The maximum Gasteiger partial charge on any atom is 0.336 e. The van der Waals surface area contributed by atoms with Crippen LogP contribution in [0.1, 0.15) is 18.4 Å². The van der Waals surface area contributed by atoms with Crippen LogP contribution in [-0.4, -0.2) is 51.5 Å². The lowest BCUT2D eigenvalue weighted by Gasteiger charge is -2.25. The topological polar surface area (TPSA) is 87.2 Å². The lowest BCUT2D eigenvalue weighted by Crippen LogP contribution is -2.44. The first-order valence-electron chi connectivity index (χ1n) is 9.64. The number of nitrogens with zero attached hydrogens (tertiary/aromatic N) is 2. The van der Waals surface area contributed by atoms with Gasteiger partial charge in [0.25, 0.3) is 5.91 Å². The van der Waals surface area contributed by atoms with Gasteiger partial charge in [0, 0.05) is 19.1 Å². The number of benzene rings is 2. The molecule has 1 atom stereocenters. The van der Waals surface area contributed by atoms with E-state index in [4.69, 9.17) is 17.0 Å². The molecule has 0 radical (unpaired) electrons. The van der Waals surface area contributed by atoms with Crippen LogP contribution in [-0.2, 0) is 15.1 Å². The van der Waals surface area contributed by atoms with Crippen molar-refractivity contribution in [1.82, 2.24) is 9.21 Å². The summed E-state index contributed by atoms with van der Waals surface area (Å²) in [6, 6.07) is 16.3. The van der Waals surface area contributed by atoms with E-state index >= 15 is 0 Å². The Balaban J connectivity index is 1.44. The Labute approximate surface area is 190 Å². The fourth-order valence-electron chi connectivity index (χ4n) is 3.57. The molecular weight excluding hydrogens is 456 g/mol. The number of ether oxygens (including phenoxy) is 1. The van der Waals surface area contributed by atoms with Crippen molar-refractivity contribution in [3.8, 4) is 11.5 Å². The van der Waals surface area contributed by atoms with Crippen molar-refractivity contribution in [2.45, 2.75) is 18.9 Å². The Morgan fingerprint density at radius 3 is 2.48 bits per heavy atom. The molecule has 0 bridgehead atoms. The minimum atomic E-state index is -4.30. The normalized spacial score (nSPS) is 21.3. The number of hydrogen-bond acceptors (Lipinski definition) is 6. The second-order valence-corrected chi connectivity index (χ2v) is 10.2. The molecule has 7 nitrogen and oxygen atoms in total. The molecule has 2 aliphatic heterocycles. The fraction of sp³-hybridized carbons (Fsp3) is 0.238. The molecule has 2 fully saturated rings. The third-order valence-corrected chi connectivity index (χ3v) is 7.49. The van der Waals surface area contributed by atoms with Crippen molar-refractivity contribution in [1.29, 1.82) is 0 Å². The Kier molecular flexibility index (Phi) is 6.44. The Hall–Kier alpha value is -2.24. The summed E-state index contributed by atoms with van der Waals surface area (Å²) >= 11 is 6.53. The molecule has 2 heterocycles. The number of amides is 1. The molecule has 1 amide bonds. The van der Waals surface area contributed by atoms with Crippen LogP contribution in [0, 0.1) is 0 Å². The van der Waals surface area contributed by atoms with Gasteiger partial charge in [-0.05, 0) is 48.7 Å². The molecule has 0 saturated carbocycles. The van der Waals surface area contributed by atoms with Crippen LogP contribution < -0.4 is 4.74 Å². The number of hydrogen-bond donors (Lipinski definition) is 1. The maximum absolute atomic E-state index is 12.9. The van der Waals surface area contributed by atoms with E-state index in [0.717, 1.165) is 15.6 Å². The van der Waals surface area contributed by atoms with Crippen molar-refractivity contribution < 1.29 is 22.5 Å². The minimum absolute atomic E-state index is 0.131. The van der Waals surface area contributed by atoms with E-state index in [2.05, 4.69) is 0 Å². The predicted octanol–water partition coefficient (Wildman–Crippen LogP) is 3.95. The standard InChI is InChI=1S/C21H20N2O5S3/c24-20-19(13-15-8-10-18(11-9-15)28-17-6-2-1-3-7-17)30-21(29)22(20)14-16-5-4-12-23(16)31(25,26)27/h1-3,6-11,13,16H,4-5,12,14H2,(H,25,26,27)/b19-13+. The second-order valence-electron chi connectivity index (χ2n) is 7.16. The second kappa shape index (κ2) is 9.09. The van der Waals surface area contributed by atoms with Gasteiger partial charge in [-0.3, -0.25) is 14.2 Å². The fourth-order valence-corrected chi connectivity index (χ4v) is 5.76. The summed E-state index contributed by atoms with van der Waals surface area (Å²) in [6.45, 7) is 0.372. The van der Waals surface area contributed by atoms with Gasteiger partial charge in [0.2, 0.25) is 0 Å². The SMILES string of the molecule is O=C1/C(=C\c2ccc(Oc3ccccc3)cc2)SC(=S)N1CC1CCCN1S(=O)(=O)O. The maximum atomic E-state index is 12.9. The smallest absolute Gasteiger partial charge is 0.336 e. The number of carbonyl (C=O) groups excluding carboxylic acids is 1. The first-order valence-corrected chi connectivity index (χ1v) is 12.3. The summed E-state index contributed by atoms with van der Waals surface area (Å²) in [4.78, 5) is 14.7. The highest BCUT2D eigenvalue weighted by atomic mass is 32.2. The largest absolute Gasteiger partial charge is 0.457 e. The molecule has 2 saturated heterocycles. The van der Waals surface area contributed by atoms with Crippen molar-refractivity contribution in [3.05, 3.63) is 65.1 Å². The van der Waals surface area contributed by atoms with Crippen molar-refractivity contribution in [3.63, 3.8) is 0 Å². The van der Waals surface area contributed by atoms with E-state index in [0.29, 0.717) is 27.8 Å². The average molecular weight is 477 g/mol. The van der Waals surface area contributed by atoms with Gasteiger partial charge in [0.1, 0.15) is 15.8 Å². The van der Waals surface area contributed by atoms with Crippen LogP contribution >= 0.6 is 24.0 Å². The van der Waals surface area contributed by atoms with E-state index in [1.165, 1.54) is 16.7 Å². The molecule has 2 aromatic carbocycles. The number of para-hydroxylation sites is 1. The molecule has 31 heavy (non-hydrogen) atoms. The summed E-state index contributed by atoms with van der Waals surface area (Å²) < 4.78 is 39.7. The van der Waals surface area contributed by atoms with E-state index in [-0.39, 0.29) is 19.0 Å². The summed E-state index contributed by atoms with van der Waals surface area (Å²) in [6.07, 6.45) is 2.95. The molecule has 4 rings (SSSR count). The summed E-state index contributed by atoms with van der Waals surface area (Å²) in [5.41, 5.74) is 0.821. The van der Waals surface area contributed by atoms with E-state index in [1.54, 1.807) is 6.08 Å². The molecule has 1 unspecified atom stereocenters. The summed E-state index contributed by atoms with van der Waals surface area (Å²) in [5.74, 6) is 1.16. The first kappa shape index (κ1) is 22.0. The number of rotatable bonds is 6. The number of thioether (sulfide) groups is 1. The van der Waals surface area contributed by atoms with Crippen LogP contribution in [0.15, 0.2) is 59.5 Å². The lowest BCUT2D eigenvalue weighted by atomic mass is 10.2. The van der Waals surface area contributed by atoms with Crippen LogP contribution in [0.4, 0.5) is 0 Å². The molecule has 10 heteroatoms. The van der Waals surface area contributed by atoms with E-state index < -0.39 is 16.3 Å². The van der Waals surface area contributed by atoms with Gasteiger partial charge in [-0.25, -0.2) is 0 Å². The van der Waals surface area contributed by atoms with Crippen molar-refractivity contribution in [2.24, 2.45) is 0 Å². The van der Waals surface area contributed by atoms with Crippen molar-refractivity contribution >= 4 is 50.6 Å². The van der Waals surface area contributed by atoms with E-state index in [9.17, 15) is 17.8 Å². The van der Waals surface area contributed by atoms with Crippen molar-refractivity contribution in [2.75, 3.05) is 13.1 Å². The zero-order valence-electron chi connectivity index (χ0n) is 16.4. The predicted molar refractivity (Wildman–Crippen MR) is 124 cm³/mol. The van der Waals surface area contributed by atoms with Gasteiger partial charge in [-0.1, -0.05) is 54.3 Å². The highest BCUT2D eigenvalue weighted by Gasteiger charge is 2.39. The van der Waals surface area contributed by atoms with Gasteiger partial charge in [0.05, 0.1) is 4.91 Å². The Morgan fingerprint density at radius 2 is 1.81 bits per heavy atom. The number of thiocarbonyl (C=S) groups is 1. The van der Waals surface area contributed by atoms with Gasteiger partial charge in [0.15, 0.2) is 0 Å². The quantitative estimate of drug-likeness (QED) is 0.384. The summed E-state index contributed by atoms with van der Waals surface area (Å²) in [7, 11) is -4.30. The zero-order valence-corrected chi connectivity index (χ0v) is 18.8. The Bertz CT molecular complexity index is 1120. The third-order valence-electron chi connectivity index (χ3n) is 5.04. The number of carbonyl (C=O) groups is 1. The van der Waals surface area contributed by atoms with Crippen LogP contribution in [0.2, 0.25) is 0 Å². The molecule has 0 aliphatic carbocycles. The zero-order chi connectivity index (χ0) is 22.0. The van der Waals surface area contributed by atoms with E-state index in [1.807, 2.05) is 54.6 Å². The third kappa shape index (κ3) is 5.16. The average Bonchev–Trinajstić information content (AvgIpc) is 3.31. The monoisotopic (exact) mass is 476 g/mol. The molecule has 2 aromatic rings. The first-order chi connectivity index (χ1) is 14.8. The highest BCUT2D eigenvalue weighted by molar-refractivity contribution is 8.26. The van der Waals surface area contributed by atoms with Gasteiger partial charge in [-0.2, -0.15) is 12.7 Å². The molecule has 2 aliphatic rings.